The lowest BCUT2D eigenvalue weighted by molar-refractivity contribution is 0.595. The third-order valence-corrected chi connectivity index (χ3v) is 14.4. The second kappa shape index (κ2) is 17.3. The van der Waals surface area contributed by atoms with Crippen molar-refractivity contribution in [3.05, 3.63) is 265 Å². The molecule has 0 amide bonds. The molecule has 0 aliphatic heterocycles. The molecular weight excluding hydrogens is 809 g/mol. The number of fused-ring (bicyclic) bond motifs is 3. The van der Waals surface area contributed by atoms with Crippen molar-refractivity contribution in [1.29, 1.82) is 0 Å². The van der Waals surface area contributed by atoms with Crippen LogP contribution in [0.15, 0.2) is 242 Å². The third-order valence-electron chi connectivity index (χ3n) is 14.4. The minimum absolute atomic E-state index is 0.0703. The summed E-state index contributed by atoms with van der Waals surface area (Å²) in [5.41, 5.74) is 20.7. The fraction of sp³-hybridized carbons (Fsp3) is 0.138. The largest absolute Gasteiger partial charge is 0.311 e. The number of hydrogen-bond donors (Lipinski definition) is 0. The minimum Gasteiger partial charge on any atom is -0.311 e. The molecule has 0 spiro atoms. The molecule has 67 heavy (non-hydrogen) atoms. The topological polar surface area (TPSA) is 6.48 Å². The van der Waals surface area contributed by atoms with Gasteiger partial charge in [-0.2, -0.15) is 0 Å². The molecule has 2 atom stereocenters. The molecule has 2 nitrogen and oxygen atoms in total. The molecule has 2 unspecified atom stereocenters. The van der Waals surface area contributed by atoms with Gasteiger partial charge in [-0.25, -0.2) is 0 Å². The first-order valence-corrected chi connectivity index (χ1v) is 23.9. The first-order chi connectivity index (χ1) is 32.7. The zero-order valence-corrected chi connectivity index (χ0v) is 38.9. The highest BCUT2D eigenvalue weighted by atomic mass is 15.2. The predicted octanol–water partition coefficient (Wildman–Crippen LogP) is 17.7. The first-order valence-electron chi connectivity index (χ1n) is 23.9. The molecule has 0 aromatic heterocycles. The van der Waals surface area contributed by atoms with E-state index in [1.807, 2.05) is 0 Å². The maximum absolute atomic E-state index is 2.43. The molecule has 0 N–H and O–H groups in total. The summed E-state index contributed by atoms with van der Waals surface area (Å²) in [6, 6.07) is 73.6. The van der Waals surface area contributed by atoms with Crippen molar-refractivity contribution in [2.45, 2.75) is 51.4 Å². The molecule has 0 fully saturated rings. The fourth-order valence-corrected chi connectivity index (χ4v) is 10.5. The number of nitrogens with zero attached hydrogens (tertiary/aromatic N) is 2. The summed E-state index contributed by atoms with van der Waals surface area (Å²) in [4.78, 5) is 4.84. The Hall–Kier alpha value is -7.68. The van der Waals surface area contributed by atoms with Crippen LogP contribution in [0.1, 0.15) is 62.8 Å². The van der Waals surface area contributed by atoms with Crippen molar-refractivity contribution in [3.63, 3.8) is 0 Å². The van der Waals surface area contributed by atoms with E-state index in [-0.39, 0.29) is 10.8 Å². The molecule has 11 rings (SSSR count). The van der Waals surface area contributed by atoms with E-state index in [9.17, 15) is 0 Å². The second-order valence-electron chi connectivity index (χ2n) is 19.3. The summed E-state index contributed by atoms with van der Waals surface area (Å²) < 4.78 is 0. The van der Waals surface area contributed by atoms with Gasteiger partial charge in [0.2, 0.25) is 0 Å². The van der Waals surface area contributed by atoms with E-state index in [1.165, 1.54) is 66.9 Å². The van der Waals surface area contributed by atoms with Crippen LogP contribution in [0, 0.1) is 5.92 Å². The lowest BCUT2D eigenvalue weighted by atomic mass is 9.77. The van der Waals surface area contributed by atoms with Gasteiger partial charge in [-0.05, 0) is 147 Å². The number of anilines is 5. The Morgan fingerprint density at radius 3 is 1.64 bits per heavy atom. The molecule has 3 aliphatic rings. The number of hydrogen-bond acceptors (Lipinski definition) is 2. The Bertz CT molecular complexity index is 3210. The summed E-state index contributed by atoms with van der Waals surface area (Å²) in [5.74, 6) is 0.510. The Morgan fingerprint density at radius 2 is 0.985 bits per heavy atom. The monoisotopic (exact) mass is 864 g/mol. The van der Waals surface area contributed by atoms with Crippen molar-refractivity contribution in [3.8, 4) is 33.4 Å². The lowest BCUT2D eigenvalue weighted by Crippen LogP contribution is -2.24. The average molecular weight is 865 g/mol. The van der Waals surface area contributed by atoms with Gasteiger partial charge < -0.3 is 9.80 Å². The molecule has 3 aliphatic carbocycles. The van der Waals surface area contributed by atoms with Gasteiger partial charge in [0, 0.05) is 45.0 Å². The minimum atomic E-state index is -0.104. The molecular formula is C65H56N2. The smallest absolute Gasteiger partial charge is 0.0468 e. The van der Waals surface area contributed by atoms with E-state index in [0.29, 0.717) is 5.92 Å². The third kappa shape index (κ3) is 7.87. The van der Waals surface area contributed by atoms with E-state index in [0.717, 1.165) is 41.3 Å². The summed E-state index contributed by atoms with van der Waals surface area (Å²) in [6.45, 7) is 9.36. The molecule has 0 saturated carbocycles. The molecule has 0 saturated heterocycles. The first kappa shape index (κ1) is 42.0. The van der Waals surface area contributed by atoms with Crippen molar-refractivity contribution in [1.82, 2.24) is 0 Å². The second-order valence-corrected chi connectivity index (χ2v) is 19.3. The van der Waals surface area contributed by atoms with Gasteiger partial charge in [-0.1, -0.05) is 198 Å². The van der Waals surface area contributed by atoms with Crippen molar-refractivity contribution < 1.29 is 0 Å². The van der Waals surface area contributed by atoms with Crippen LogP contribution in [0.25, 0.3) is 39.0 Å². The Morgan fingerprint density at radius 1 is 0.433 bits per heavy atom. The maximum atomic E-state index is 2.43. The van der Waals surface area contributed by atoms with Gasteiger partial charge >= 0.3 is 0 Å². The lowest BCUT2D eigenvalue weighted by Gasteiger charge is -2.33. The number of para-hydroxylation sites is 1. The normalized spacial score (nSPS) is 17.8. The quantitative estimate of drug-likeness (QED) is 0.135. The number of benzene rings is 8. The Kier molecular flexibility index (Phi) is 10.8. The van der Waals surface area contributed by atoms with Gasteiger partial charge in [-0.15, -0.1) is 0 Å². The van der Waals surface area contributed by atoms with E-state index in [4.69, 9.17) is 0 Å². The molecule has 0 bridgehead atoms. The highest BCUT2D eigenvalue weighted by Gasteiger charge is 2.36. The molecule has 0 heterocycles. The van der Waals surface area contributed by atoms with Crippen LogP contribution in [-0.2, 0) is 10.8 Å². The van der Waals surface area contributed by atoms with Crippen molar-refractivity contribution >= 4 is 34.0 Å². The number of rotatable bonds is 10. The Labute approximate surface area is 397 Å². The fourth-order valence-electron chi connectivity index (χ4n) is 10.5. The summed E-state index contributed by atoms with van der Waals surface area (Å²) >= 11 is 0. The molecule has 326 valence electrons. The highest BCUT2D eigenvalue weighted by Crippen LogP contribution is 2.51. The summed E-state index contributed by atoms with van der Waals surface area (Å²) in [6.07, 6.45) is 16.2. The van der Waals surface area contributed by atoms with Gasteiger partial charge in [0.1, 0.15) is 0 Å². The van der Waals surface area contributed by atoms with Crippen molar-refractivity contribution in [2.75, 3.05) is 9.80 Å². The van der Waals surface area contributed by atoms with Crippen LogP contribution >= 0.6 is 0 Å². The van der Waals surface area contributed by atoms with E-state index in [1.54, 1.807) is 0 Å². The van der Waals surface area contributed by atoms with Crippen molar-refractivity contribution in [2.24, 2.45) is 5.92 Å². The van der Waals surface area contributed by atoms with Crippen LogP contribution in [0.2, 0.25) is 0 Å². The SMILES string of the molecule is CC1C=CC(c2cc(N(c3ccccc3)c3ccc4c(c3)C(C)(C)c3ccccc3-4)ccc2-c2ccc(N(C3=CCC(C)(c4ccccc4)C=C3)c3ccc(-c4ccccc4)cc3)cc2)=CC1. The van der Waals surface area contributed by atoms with Crippen LogP contribution in [0.4, 0.5) is 28.4 Å². The molecule has 2 heteroatoms. The van der Waals surface area contributed by atoms with Crippen LogP contribution in [0.3, 0.4) is 0 Å². The molecule has 0 radical (unpaired) electrons. The van der Waals surface area contributed by atoms with Crippen LogP contribution in [-0.4, -0.2) is 0 Å². The van der Waals surface area contributed by atoms with Gasteiger partial charge in [0.15, 0.2) is 0 Å². The zero-order chi connectivity index (χ0) is 45.5. The predicted molar refractivity (Wildman–Crippen MR) is 285 cm³/mol. The summed E-state index contributed by atoms with van der Waals surface area (Å²) in [5, 5.41) is 0. The van der Waals surface area contributed by atoms with Crippen LogP contribution in [0.5, 0.6) is 0 Å². The summed E-state index contributed by atoms with van der Waals surface area (Å²) in [7, 11) is 0. The van der Waals surface area contributed by atoms with Gasteiger partial charge in [0.05, 0.1) is 0 Å². The van der Waals surface area contributed by atoms with E-state index >= 15 is 0 Å². The molecule has 8 aromatic rings. The standard InChI is InChI=1S/C65H56N2/c1-46-24-26-50(27-25-46)61-44-56(67(52-20-12-7-13-21-52)57-37-39-60-59-22-14-15-23-62(59)64(2,3)63(60)45-57)36-38-58(61)49-30-34-54(35-31-49)66(53-32-28-48(29-33-53)47-16-8-5-9-17-47)55-40-42-65(4,43-41-55)51-18-10-6-11-19-51/h5-24,26-42,44-46H,25,43H2,1-4H3. The molecule has 8 aromatic carbocycles. The Balaban J connectivity index is 0.987. The van der Waals surface area contributed by atoms with E-state index < -0.39 is 0 Å². The van der Waals surface area contributed by atoms with E-state index in [2.05, 4.69) is 274 Å². The van der Waals surface area contributed by atoms with Crippen LogP contribution < -0.4 is 9.80 Å². The average Bonchev–Trinajstić information content (AvgIpc) is 3.61. The number of allylic oxidation sites excluding steroid dienone is 7. The maximum Gasteiger partial charge on any atom is 0.0468 e. The van der Waals surface area contributed by atoms with Gasteiger partial charge in [-0.3, -0.25) is 0 Å². The van der Waals surface area contributed by atoms with Gasteiger partial charge in [0.25, 0.3) is 0 Å². The highest BCUT2D eigenvalue weighted by molar-refractivity contribution is 5.91. The zero-order valence-electron chi connectivity index (χ0n) is 38.9.